The first-order valence-electron chi connectivity index (χ1n) is 5.60. The molecular weight excluding hydrogens is 248 g/mol. The Morgan fingerprint density at radius 1 is 1.28 bits per heavy atom. The van der Waals surface area contributed by atoms with Crippen LogP contribution in [0.1, 0.15) is 5.56 Å². The minimum atomic E-state index is -1.69. The zero-order valence-corrected chi connectivity index (χ0v) is 12.1. The molecule has 0 unspecified atom stereocenters. The van der Waals surface area contributed by atoms with Crippen LogP contribution in [-0.2, 0) is 4.79 Å². The van der Waals surface area contributed by atoms with Crippen LogP contribution in [0.5, 0.6) is 11.5 Å². The summed E-state index contributed by atoms with van der Waals surface area (Å²) >= 11 is 0. The molecule has 0 fully saturated rings. The molecule has 98 valence electrons. The second kappa shape index (κ2) is 5.73. The lowest BCUT2D eigenvalue weighted by atomic mass is 10.2. The summed E-state index contributed by atoms with van der Waals surface area (Å²) in [6.07, 6.45) is 2.61. The van der Waals surface area contributed by atoms with Gasteiger partial charge in [-0.3, -0.25) is 0 Å². The molecule has 4 nitrogen and oxygen atoms in total. The van der Waals surface area contributed by atoms with Gasteiger partial charge in [0.2, 0.25) is 8.32 Å². The SMILES string of the molecule is COc1cc(C=CC(=O)O)ccc1O[Si](C)(C)C. The average Bonchev–Trinajstić information content (AvgIpc) is 2.25. The molecule has 0 amide bonds. The van der Waals surface area contributed by atoms with Gasteiger partial charge in [0.05, 0.1) is 7.11 Å². The lowest BCUT2D eigenvalue weighted by Crippen LogP contribution is -2.29. The van der Waals surface area contributed by atoms with E-state index in [1.807, 2.05) is 0 Å². The maximum atomic E-state index is 10.4. The molecule has 0 radical (unpaired) electrons. The van der Waals surface area contributed by atoms with Crippen molar-refractivity contribution in [2.45, 2.75) is 19.6 Å². The largest absolute Gasteiger partial charge is 0.542 e. The smallest absolute Gasteiger partial charge is 0.328 e. The molecule has 1 rings (SSSR count). The lowest BCUT2D eigenvalue weighted by molar-refractivity contribution is -0.131. The second-order valence-electron chi connectivity index (χ2n) is 4.80. The third-order valence-corrected chi connectivity index (χ3v) is 2.85. The number of benzene rings is 1. The highest BCUT2D eigenvalue weighted by Crippen LogP contribution is 2.30. The molecule has 0 atom stereocenters. The van der Waals surface area contributed by atoms with E-state index in [4.69, 9.17) is 14.3 Å². The van der Waals surface area contributed by atoms with Gasteiger partial charge in [0.15, 0.2) is 5.75 Å². The van der Waals surface area contributed by atoms with Crippen molar-refractivity contribution in [3.05, 3.63) is 29.8 Å². The Morgan fingerprint density at radius 2 is 1.94 bits per heavy atom. The van der Waals surface area contributed by atoms with Gasteiger partial charge in [-0.05, 0) is 43.4 Å². The fourth-order valence-corrected chi connectivity index (χ4v) is 2.20. The molecule has 1 N–H and O–H groups in total. The van der Waals surface area contributed by atoms with E-state index in [0.717, 1.165) is 11.6 Å². The molecule has 1 aromatic rings. The molecule has 0 bridgehead atoms. The van der Waals surface area contributed by atoms with E-state index in [0.29, 0.717) is 11.5 Å². The Hall–Kier alpha value is -1.75. The van der Waals surface area contributed by atoms with Gasteiger partial charge in [0.1, 0.15) is 5.75 Å². The summed E-state index contributed by atoms with van der Waals surface area (Å²) in [6.45, 7) is 6.26. The average molecular weight is 266 g/mol. The highest BCUT2D eigenvalue weighted by Gasteiger charge is 2.18. The highest BCUT2D eigenvalue weighted by molar-refractivity contribution is 6.70. The Balaban J connectivity index is 3.00. The number of aliphatic carboxylic acids is 1. The van der Waals surface area contributed by atoms with Crippen LogP contribution in [0.3, 0.4) is 0 Å². The minimum absolute atomic E-state index is 0.616. The Kier molecular flexibility index (Phi) is 4.55. The van der Waals surface area contributed by atoms with Crippen LogP contribution in [0.15, 0.2) is 24.3 Å². The van der Waals surface area contributed by atoms with Crippen molar-refractivity contribution in [2.75, 3.05) is 7.11 Å². The van der Waals surface area contributed by atoms with Gasteiger partial charge in [-0.1, -0.05) is 6.07 Å². The number of hydrogen-bond acceptors (Lipinski definition) is 3. The summed E-state index contributed by atoms with van der Waals surface area (Å²) < 4.78 is 11.1. The van der Waals surface area contributed by atoms with Crippen molar-refractivity contribution >= 4 is 20.4 Å². The molecule has 0 heterocycles. The molecule has 0 spiro atoms. The van der Waals surface area contributed by atoms with Crippen molar-refractivity contribution in [2.24, 2.45) is 0 Å². The zero-order valence-electron chi connectivity index (χ0n) is 11.1. The van der Waals surface area contributed by atoms with Gasteiger partial charge in [0, 0.05) is 6.08 Å². The highest BCUT2D eigenvalue weighted by atomic mass is 28.4. The van der Waals surface area contributed by atoms with Crippen LogP contribution >= 0.6 is 0 Å². The van der Waals surface area contributed by atoms with Crippen molar-refractivity contribution in [3.63, 3.8) is 0 Å². The Bertz CT molecular complexity index is 461. The van der Waals surface area contributed by atoms with Crippen LogP contribution in [0, 0.1) is 0 Å². The molecular formula is C13H18O4Si. The predicted octanol–water partition coefficient (Wildman–Crippen LogP) is 3.01. The summed E-state index contributed by atoms with van der Waals surface area (Å²) in [5.41, 5.74) is 0.761. The summed E-state index contributed by atoms with van der Waals surface area (Å²) in [5, 5.41) is 8.57. The number of carboxylic acids is 1. The van der Waals surface area contributed by atoms with Crippen molar-refractivity contribution in [1.82, 2.24) is 0 Å². The van der Waals surface area contributed by atoms with Gasteiger partial charge in [-0.2, -0.15) is 0 Å². The number of carbonyl (C=O) groups is 1. The van der Waals surface area contributed by atoms with E-state index in [1.54, 1.807) is 25.3 Å². The summed E-state index contributed by atoms with van der Waals surface area (Å²) in [5.74, 6) is 0.338. The standard InChI is InChI=1S/C13H18O4Si/c1-16-12-9-10(6-8-13(14)15)5-7-11(12)17-18(2,3)4/h5-9H,1-4H3,(H,14,15). The molecule has 0 aliphatic carbocycles. The first kappa shape index (κ1) is 14.3. The third-order valence-electron chi connectivity index (χ3n) is 2.02. The summed E-state index contributed by atoms with van der Waals surface area (Å²) in [6, 6.07) is 5.37. The minimum Gasteiger partial charge on any atom is -0.542 e. The second-order valence-corrected chi connectivity index (χ2v) is 9.23. The molecule has 0 aromatic heterocycles. The summed E-state index contributed by atoms with van der Waals surface area (Å²) in [4.78, 5) is 10.4. The van der Waals surface area contributed by atoms with E-state index in [1.165, 1.54) is 6.08 Å². The van der Waals surface area contributed by atoms with Crippen LogP contribution in [-0.4, -0.2) is 26.5 Å². The topological polar surface area (TPSA) is 55.8 Å². The van der Waals surface area contributed by atoms with Crippen molar-refractivity contribution in [1.29, 1.82) is 0 Å². The fraction of sp³-hybridized carbons (Fsp3) is 0.308. The number of carboxylic acid groups (broad SMARTS) is 1. The maximum absolute atomic E-state index is 10.4. The van der Waals surface area contributed by atoms with Gasteiger partial charge >= 0.3 is 5.97 Å². The van der Waals surface area contributed by atoms with E-state index in [9.17, 15) is 4.79 Å². The lowest BCUT2D eigenvalue weighted by Gasteiger charge is -2.21. The van der Waals surface area contributed by atoms with Crippen LogP contribution in [0.4, 0.5) is 0 Å². The van der Waals surface area contributed by atoms with Gasteiger partial charge in [-0.15, -0.1) is 0 Å². The van der Waals surface area contributed by atoms with Crippen LogP contribution < -0.4 is 9.16 Å². The first-order valence-corrected chi connectivity index (χ1v) is 9.01. The monoisotopic (exact) mass is 266 g/mol. The molecule has 5 heteroatoms. The Morgan fingerprint density at radius 3 is 2.44 bits per heavy atom. The van der Waals surface area contributed by atoms with E-state index in [-0.39, 0.29) is 0 Å². The molecule has 0 saturated heterocycles. The number of methoxy groups -OCH3 is 1. The molecule has 0 saturated carbocycles. The van der Waals surface area contributed by atoms with Gasteiger partial charge in [0.25, 0.3) is 0 Å². The van der Waals surface area contributed by atoms with Crippen molar-refractivity contribution < 1.29 is 19.1 Å². The van der Waals surface area contributed by atoms with Gasteiger partial charge < -0.3 is 14.3 Å². The molecule has 0 aliphatic heterocycles. The fourth-order valence-electron chi connectivity index (χ4n) is 1.37. The van der Waals surface area contributed by atoms with Crippen LogP contribution in [0.25, 0.3) is 6.08 Å². The quantitative estimate of drug-likeness (QED) is 0.657. The first-order chi connectivity index (χ1) is 8.31. The van der Waals surface area contributed by atoms with E-state index < -0.39 is 14.3 Å². The number of rotatable bonds is 5. The van der Waals surface area contributed by atoms with Crippen molar-refractivity contribution in [3.8, 4) is 11.5 Å². The molecule has 18 heavy (non-hydrogen) atoms. The zero-order chi connectivity index (χ0) is 13.8. The van der Waals surface area contributed by atoms with E-state index >= 15 is 0 Å². The van der Waals surface area contributed by atoms with Gasteiger partial charge in [-0.25, -0.2) is 4.79 Å². The Labute approximate surface area is 108 Å². The number of hydrogen-bond donors (Lipinski definition) is 1. The molecule has 0 aliphatic rings. The predicted molar refractivity (Wildman–Crippen MR) is 73.6 cm³/mol. The normalized spacial score (nSPS) is 11.6. The number of ether oxygens (including phenoxy) is 1. The summed E-state index contributed by atoms with van der Waals surface area (Å²) in [7, 11) is -0.125. The molecule has 1 aromatic carbocycles. The van der Waals surface area contributed by atoms with E-state index in [2.05, 4.69) is 19.6 Å². The van der Waals surface area contributed by atoms with Crippen LogP contribution in [0.2, 0.25) is 19.6 Å². The maximum Gasteiger partial charge on any atom is 0.328 e. The third kappa shape index (κ3) is 4.63.